The van der Waals surface area contributed by atoms with Gasteiger partial charge in [0.05, 0.1) is 17.3 Å². The lowest BCUT2D eigenvalue weighted by Crippen LogP contribution is -2.28. The van der Waals surface area contributed by atoms with Crippen LogP contribution in [0.2, 0.25) is 0 Å². The zero-order valence-corrected chi connectivity index (χ0v) is 17.4. The van der Waals surface area contributed by atoms with Crippen LogP contribution in [-0.4, -0.2) is 18.4 Å². The molecule has 0 aromatic heterocycles. The number of methoxy groups -OCH3 is 1. The number of nitrogens with zero attached hydrogens (tertiary/aromatic N) is 1. The van der Waals surface area contributed by atoms with Crippen LogP contribution >= 0.6 is 15.9 Å². The molecule has 0 radical (unpaired) electrons. The number of ether oxygens (including phenoxy) is 2. The SMILES string of the molecule is CCc1cc(Br)c(OCc2c(C3CC3)cccc2N(O)C(=O)OC)cc1C. The molecule has 0 atom stereocenters. The van der Waals surface area contributed by atoms with E-state index < -0.39 is 6.09 Å². The number of hydrogen-bond donors (Lipinski definition) is 1. The summed E-state index contributed by atoms with van der Waals surface area (Å²) in [6.45, 7) is 4.43. The topological polar surface area (TPSA) is 59.0 Å². The van der Waals surface area contributed by atoms with Crippen molar-refractivity contribution < 1.29 is 19.5 Å². The highest BCUT2D eigenvalue weighted by Crippen LogP contribution is 2.44. The van der Waals surface area contributed by atoms with Crippen LogP contribution in [0, 0.1) is 6.92 Å². The van der Waals surface area contributed by atoms with Gasteiger partial charge in [-0.15, -0.1) is 0 Å². The van der Waals surface area contributed by atoms with Crippen molar-refractivity contribution in [2.75, 3.05) is 12.2 Å². The molecule has 1 aliphatic rings. The van der Waals surface area contributed by atoms with Gasteiger partial charge >= 0.3 is 6.09 Å². The van der Waals surface area contributed by atoms with Crippen LogP contribution < -0.4 is 9.80 Å². The molecule has 0 heterocycles. The molecular weight excluding hydrogens is 410 g/mol. The molecule has 3 rings (SSSR count). The predicted octanol–water partition coefficient (Wildman–Crippen LogP) is 5.74. The first-order chi connectivity index (χ1) is 13.0. The number of rotatable bonds is 6. The van der Waals surface area contributed by atoms with Gasteiger partial charge in [-0.1, -0.05) is 19.1 Å². The molecule has 0 spiro atoms. The molecule has 27 heavy (non-hydrogen) atoms. The molecule has 0 saturated heterocycles. The molecule has 5 nitrogen and oxygen atoms in total. The second-order valence-corrected chi connectivity index (χ2v) is 7.61. The van der Waals surface area contributed by atoms with Gasteiger partial charge in [0.15, 0.2) is 0 Å². The fourth-order valence-electron chi connectivity index (χ4n) is 3.25. The monoisotopic (exact) mass is 433 g/mol. The quantitative estimate of drug-likeness (QED) is 0.466. The van der Waals surface area contributed by atoms with E-state index in [0.29, 0.717) is 16.7 Å². The summed E-state index contributed by atoms with van der Waals surface area (Å²) in [5.74, 6) is 1.19. The molecule has 144 valence electrons. The van der Waals surface area contributed by atoms with Crippen LogP contribution in [0.1, 0.15) is 47.9 Å². The van der Waals surface area contributed by atoms with Crippen LogP contribution in [0.4, 0.5) is 10.5 Å². The van der Waals surface area contributed by atoms with E-state index in [0.717, 1.165) is 40.6 Å². The maximum Gasteiger partial charge on any atom is 0.438 e. The first kappa shape index (κ1) is 19.7. The van der Waals surface area contributed by atoms with Gasteiger partial charge in [0.2, 0.25) is 0 Å². The number of hydrogen-bond acceptors (Lipinski definition) is 4. The summed E-state index contributed by atoms with van der Waals surface area (Å²) in [4.78, 5) is 11.8. The van der Waals surface area contributed by atoms with Crippen LogP contribution in [-0.2, 0) is 17.8 Å². The Balaban J connectivity index is 1.92. The van der Waals surface area contributed by atoms with Gasteiger partial charge in [-0.3, -0.25) is 5.21 Å². The average Bonchev–Trinajstić information content (AvgIpc) is 3.52. The zero-order chi connectivity index (χ0) is 19.6. The fraction of sp³-hybridized carbons (Fsp3) is 0.381. The van der Waals surface area contributed by atoms with Crippen molar-refractivity contribution in [3.63, 3.8) is 0 Å². The Morgan fingerprint density at radius 1 is 1.33 bits per heavy atom. The molecule has 2 aromatic carbocycles. The first-order valence-electron chi connectivity index (χ1n) is 9.06. The second kappa shape index (κ2) is 8.31. The zero-order valence-electron chi connectivity index (χ0n) is 15.8. The summed E-state index contributed by atoms with van der Waals surface area (Å²) in [7, 11) is 1.24. The number of aryl methyl sites for hydroxylation is 2. The minimum absolute atomic E-state index is 0.250. The standard InChI is InChI=1S/C21H24BrNO4/c1-4-14-11-18(22)20(10-13(14)2)27-12-17-16(15-8-9-15)6-5-7-19(17)23(25)21(24)26-3/h5-7,10-11,15,25H,4,8-9,12H2,1-3H3. The smallest absolute Gasteiger partial charge is 0.438 e. The van der Waals surface area contributed by atoms with Gasteiger partial charge in [0.1, 0.15) is 12.4 Å². The molecule has 0 bridgehead atoms. The first-order valence-corrected chi connectivity index (χ1v) is 9.86. The minimum Gasteiger partial charge on any atom is -0.488 e. The molecule has 1 aliphatic carbocycles. The summed E-state index contributed by atoms with van der Waals surface area (Å²) < 4.78 is 11.6. The van der Waals surface area contributed by atoms with Crippen molar-refractivity contribution in [1.82, 2.24) is 0 Å². The maximum absolute atomic E-state index is 11.8. The number of carbonyl (C=O) groups excluding carboxylic acids is 1. The molecule has 1 saturated carbocycles. The summed E-state index contributed by atoms with van der Waals surface area (Å²) in [5.41, 5.74) is 4.74. The number of benzene rings is 2. The lowest BCUT2D eigenvalue weighted by Gasteiger charge is -2.21. The molecule has 0 unspecified atom stereocenters. The largest absolute Gasteiger partial charge is 0.488 e. The highest BCUT2D eigenvalue weighted by atomic mass is 79.9. The average molecular weight is 434 g/mol. The van der Waals surface area contributed by atoms with E-state index in [1.54, 1.807) is 6.07 Å². The number of hydroxylamine groups is 1. The number of halogens is 1. The fourth-order valence-corrected chi connectivity index (χ4v) is 3.75. The minimum atomic E-state index is -0.825. The third-order valence-corrected chi connectivity index (χ3v) is 5.54. The number of anilines is 1. The Morgan fingerprint density at radius 3 is 2.70 bits per heavy atom. The Kier molecular flexibility index (Phi) is 6.07. The predicted molar refractivity (Wildman–Crippen MR) is 108 cm³/mol. The molecule has 1 amide bonds. The highest BCUT2D eigenvalue weighted by molar-refractivity contribution is 9.10. The third-order valence-electron chi connectivity index (χ3n) is 4.92. The lowest BCUT2D eigenvalue weighted by atomic mass is 10.0. The van der Waals surface area contributed by atoms with Gasteiger partial charge in [-0.25, -0.2) is 4.79 Å². The van der Waals surface area contributed by atoms with E-state index in [-0.39, 0.29) is 6.61 Å². The van der Waals surface area contributed by atoms with E-state index in [4.69, 9.17) is 4.74 Å². The van der Waals surface area contributed by atoms with Gasteiger partial charge < -0.3 is 9.47 Å². The molecule has 2 aromatic rings. The van der Waals surface area contributed by atoms with Crippen molar-refractivity contribution in [1.29, 1.82) is 0 Å². The van der Waals surface area contributed by atoms with Gasteiger partial charge in [0.25, 0.3) is 0 Å². The summed E-state index contributed by atoms with van der Waals surface area (Å²) in [6, 6.07) is 9.66. The van der Waals surface area contributed by atoms with Crippen molar-refractivity contribution in [3.05, 3.63) is 57.1 Å². The summed E-state index contributed by atoms with van der Waals surface area (Å²) >= 11 is 3.58. The molecule has 0 aliphatic heterocycles. The molecule has 1 fully saturated rings. The van der Waals surface area contributed by atoms with Crippen LogP contribution in [0.25, 0.3) is 0 Å². The van der Waals surface area contributed by atoms with E-state index >= 15 is 0 Å². The van der Waals surface area contributed by atoms with Crippen LogP contribution in [0.3, 0.4) is 0 Å². The second-order valence-electron chi connectivity index (χ2n) is 6.75. The van der Waals surface area contributed by atoms with E-state index in [2.05, 4.69) is 40.6 Å². The van der Waals surface area contributed by atoms with Crippen LogP contribution in [0.15, 0.2) is 34.8 Å². The molecule has 6 heteroatoms. The Hall–Kier alpha value is -2.05. The highest BCUT2D eigenvalue weighted by Gasteiger charge is 2.29. The molecule has 1 N–H and O–H groups in total. The van der Waals surface area contributed by atoms with E-state index in [1.807, 2.05) is 18.2 Å². The number of amides is 1. The third kappa shape index (κ3) is 4.28. The van der Waals surface area contributed by atoms with Gasteiger partial charge in [-0.2, -0.15) is 5.06 Å². The van der Waals surface area contributed by atoms with Gasteiger partial charge in [0, 0.05) is 5.56 Å². The van der Waals surface area contributed by atoms with E-state index in [9.17, 15) is 10.0 Å². The van der Waals surface area contributed by atoms with Crippen molar-refractivity contribution in [3.8, 4) is 5.75 Å². The maximum atomic E-state index is 11.8. The lowest BCUT2D eigenvalue weighted by molar-refractivity contribution is 0.140. The molecular formula is C21H24BrNO4. The Bertz CT molecular complexity index is 848. The van der Waals surface area contributed by atoms with Crippen molar-refractivity contribution in [2.45, 2.75) is 45.6 Å². The van der Waals surface area contributed by atoms with Crippen molar-refractivity contribution >= 4 is 27.7 Å². The van der Waals surface area contributed by atoms with Gasteiger partial charge in [-0.05, 0) is 82.9 Å². The van der Waals surface area contributed by atoms with E-state index in [1.165, 1.54) is 18.2 Å². The Labute approximate surface area is 168 Å². The van der Waals surface area contributed by atoms with Crippen LogP contribution in [0.5, 0.6) is 5.75 Å². The summed E-state index contributed by atoms with van der Waals surface area (Å²) in [6.07, 6.45) is 2.34. The van der Waals surface area contributed by atoms with Crippen molar-refractivity contribution in [2.24, 2.45) is 0 Å². The normalized spacial score (nSPS) is 13.4. The summed E-state index contributed by atoms with van der Waals surface area (Å²) in [5, 5.41) is 10.8. The number of carbonyl (C=O) groups is 1. The Morgan fingerprint density at radius 2 is 2.07 bits per heavy atom.